The van der Waals surface area contributed by atoms with Gasteiger partial charge in [0, 0.05) is 11.0 Å². The Labute approximate surface area is 174 Å². The van der Waals surface area contributed by atoms with Crippen LogP contribution in [-0.4, -0.2) is 38.3 Å². The number of nitrogens with one attached hydrogen (secondary N) is 1. The van der Waals surface area contributed by atoms with Gasteiger partial charge in [-0.25, -0.2) is 8.42 Å². The van der Waals surface area contributed by atoms with Gasteiger partial charge < -0.3 is 10.1 Å². The molecule has 1 unspecified atom stereocenters. The molecule has 1 N–H and O–H groups in total. The van der Waals surface area contributed by atoms with Crippen LogP contribution in [0.5, 0.6) is 5.75 Å². The summed E-state index contributed by atoms with van der Waals surface area (Å²) in [7, 11) is -2.24. The van der Waals surface area contributed by atoms with Gasteiger partial charge in [0.1, 0.15) is 11.8 Å². The summed E-state index contributed by atoms with van der Waals surface area (Å²) in [6, 6.07) is 11.2. The van der Waals surface area contributed by atoms with Crippen LogP contribution in [0.15, 0.2) is 51.8 Å². The fourth-order valence-electron chi connectivity index (χ4n) is 3.33. The third kappa shape index (κ3) is 4.39. The Hall–Kier alpha value is -1.90. The molecule has 1 saturated heterocycles. The Morgan fingerprint density at radius 1 is 1.18 bits per heavy atom. The lowest BCUT2D eigenvalue weighted by atomic mass is 10.0. The number of halogens is 1. The van der Waals surface area contributed by atoms with E-state index in [0.717, 1.165) is 22.9 Å². The summed E-state index contributed by atoms with van der Waals surface area (Å²) >= 11 is 3.32. The smallest absolute Gasteiger partial charge is 0.243 e. The molecule has 2 aromatic rings. The highest BCUT2D eigenvalue weighted by molar-refractivity contribution is 9.10. The molecule has 6 nitrogen and oxygen atoms in total. The first-order valence-electron chi connectivity index (χ1n) is 9.06. The fourth-order valence-corrected chi connectivity index (χ4v) is 5.25. The number of benzene rings is 2. The van der Waals surface area contributed by atoms with Crippen molar-refractivity contribution in [3.05, 3.63) is 52.5 Å². The van der Waals surface area contributed by atoms with Crippen LogP contribution in [0.4, 0.5) is 5.69 Å². The number of nitrogens with zero attached hydrogens (tertiary/aromatic N) is 1. The number of aryl methyl sites for hydroxylation is 1. The molecule has 1 fully saturated rings. The number of hydrogen-bond acceptors (Lipinski definition) is 4. The second-order valence-corrected chi connectivity index (χ2v) is 9.58. The standard InChI is InChI=1S/C20H23BrN2O4S/c1-14-6-11-19(27-2)17(13-14)22-20(24)18-5-3-4-12-23(18)28(25,26)16-9-7-15(21)8-10-16/h6-11,13,18H,3-5,12H2,1-2H3,(H,22,24). The van der Waals surface area contributed by atoms with Gasteiger partial charge in [0.05, 0.1) is 17.7 Å². The summed E-state index contributed by atoms with van der Waals surface area (Å²) in [6.45, 7) is 2.24. The molecule has 1 amide bonds. The summed E-state index contributed by atoms with van der Waals surface area (Å²) in [6.07, 6.45) is 2.01. The summed E-state index contributed by atoms with van der Waals surface area (Å²) in [5.74, 6) is 0.196. The monoisotopic (exact) mass is 466 g/mol. The van der Waals surface area contributed by atoms with Crippen LogP contribution in [-0.2, 0) is 14.8 Å². The average molecular weight is 467 g/mol. The Morgan fingerprint density at radius 2 is 1.89 bits per heavy atom. The summed E-state index contributed by atoms with van der Waals surface area (Å²) < 4.78 is 33.7. The molecule has 28 heavy (non-hydrogen) atoms. The van der Waals surface area contributed by atoms with Crippen LogP contribution < -0.4 is 10.1 Å². The second kappa shape index (κ2) is 8.63. The number of amides is 1. The quantitative estimate of drug-likeness (QED) is 0.723. The predicted octanol–water partition coefficient (Wildman–Crippen LogP) is 3.95. The molecule has 1 aliphatic heterocycles. The fraction of sp³-hybridized carbons (Fsp3) is 0.350. The van der Waals surface area contributed by atoms with Gasteiger partial charge in [0.25, 0.3) is 0 Å². The Bertz CT molecular complexity index is 961. The minimum Gasteiger partial charge on any atom is -0.495 e. The summed E-state index contributed by atoms with van der Waals surface area (Å²) in [5, 5.41) is 2.86. The molecule has 0 bridgehead atoms. The molecule has 1 heterocycles. The molecule has 0 saturated carbocycles. The van der Waals surface area contributed by atoms with Crippen LogP contribution in [0.3, 0.4) is 0 Å². The number of sulfonamides is 1. The molecule has 150 valence electrons. The van der Waals surface area contributed by atoms with Gasteiger partial charge >= 0.3 is 0 Å². The number of rotatable bonds is 5. The van der Waals surface area contributed by atoms with E-state index in [9.17, 15) is 13.2 Å². The van der Waals surface area contributed by atoms with Crippen LogP contribution >= 0.6 is 15.9 Å². The Balaban J connectivity index is 1.88. The van der Waals surface area contributed by atoms with Gasteiger partial charge in [-0.3, -0.25) is 4.79 Å². The number of carbonyl (C=O) groups excluding carboxylic acids is 1. The molecule has 0 radical (unpaired) electrons. The zero-order chi connectivity index (χ0) is 20.3. The van der Waals surface area contributed by atoms with E-state index < -0.39 is 16.1 Å². The van der Waals surface area contributed by atoms with Crippen molar-refractivity contribution < 1.29 is 17.9 Å². The topological polar surface area (TPSA) is 75.7 Å². The third-order valence-electron chi connectivity index (χ3n) is 4.79. The maximum atomic E-state index is 13.1. The minimum absolute atomic E-state index is 0.184. The van der Waals surface area contributed by atoms with Crippen molar-refractivity contribution in [2.24, 2.45) is 0 Å². The molecule has 1 atom stereocenters. The van der Waals surface area contributed by atoms with Crippen molar-refractivity contribution in [1.82, 2.24) is 4.31 Å². The van der Waals surface area contributed by atoms with Crippen LogP contribution in [0, 0.1) is 6.92 Å². The zero-order valence-corrected chi connectivity index (χ0v) is 18.2. The molecule has 1 aliphatic rings. The first-order valence-corrected chi connectivity index (χ1v) is 11.3. The van der Waals surface area contributed by atoms with Crippen molar-refractivity contribution in [3.8, 4) is 5.75 Å². The van der Waals surface area contributed by atoms with Crippen molar-refractivity contribution in [3.63, 3.8) is 0 Å². The summed E-state index contributed by atoms with van der Waals surface area (Å²) in [5.41, 5.74) is 1.51. The summed E-state index contributed by atoms with van der Waals surface area (Å²) in [4.78, 5) is 13.2. The van der Waals surface area contributed by atoms with Gasteiger partial charge in [0.15, 0.2) is 0 Å². The first kappa shape index (κ1) is 20.8. The average Bonchev–Trinajstić information content (AvgIpc) is 2.68. The first-order chi connectivity index (χ1) is 13.3. The molecule has 8 heteroatoms. The lowest BCUT2D eigenvalue weighted by molar-refractivity contribution is -0.120. The highest BCUT2D eigenvalue weighted by Gasteiger charge is 2.37. The van der Waals surface area contributed by atoms with Gasteiger partial charge in [-0.05, 0) is 61.7 Å². The van der Waals surface area contributed by atoms with Gasteiger partial charge in [-0.2, -0.15) is 4.31 Å². The van der Waals surface area contributed by atoms with Crippen LogP contribution in [0.1, 0.15) is 24.8 Å². The third-order valence-corrected chi connectivity index (χ3v) is 7.24. The maximum absolute atomic E-state index is 13.1. The lowest BCUT2D eigenvalue weighted by Crippen LogP contribution is -2.49. The van der Waals surface area contributed by atoms with E-state index in [1.807, 2.05) is 19.1 Å². The normalized spacial score (nSPS) is 17.9. The molecule has 0 spiro atoms. The van der Waals surface area contributed by atoms with Crippen LogP contribution in [0.25, 0.3) is 0 Å². The minimum atomic E-state index is -3.77. The SMILES string of the molecule is COc1ccc(C)cc1NC(=O)C1CCCCN1S(=O)(=O)c1ccc(Br)cc1. The molecule has 0 aromatic heterocycles. The Kier molecular flexibility index (Phi) is 6.42. The van der Waals surface area contributed by atoms with E-state index in [4.69, 9.17) is 4.74 Å². The van der Waals surface area contributed by atoms with Gasteiger partial charge in [0.2, 0.25) is 15.9 Å². The molecule has 3 rings (SSSR count). The maximum Gasteiger partial charge on any atom is 0.243 e. The Morgan fingerprint density at radius 3 is 2.57 bits per heavy atom. The number of hydrogen-bond donors (Lipinski definition) is 1. The van der Waals surface area contributed by atoms with E-state index in [-0.39, 0.29) is 10.8 Å². The van der Waals surface area contributed by atoms with E-state index >= 15 is 0 Å². The number of piperidine rings is 1. The van der Waals surface area contributed by atoms with Crippen LogP contribution in [0.2, 0.25) is 0 Å². The van der Waals surface area contributed by atoms with E-state index in [1.54, 1.807) is 30.3 Å². The second-order valence-electron chi connectivity index (χ2n) is 6.77. The molecular formula is C20H23BrN2O4S. The molecular weight excluding hydrogens is 444 g/mol. The van der Waals surface area contributed by atoms with Gasteiger partial charge in [-0.1, -0.05) is 28.4 Å². The van der Waals surface area contributed by atoms with Crippen molar-refractivity contribution in [2.75, 3.05) is 19.0 Å². The van der Waals surface area contributed by atoms with E-state index in [0.29, 0.717) is 24.4 Å². The highest BCUT2D eigenvalue weighted by Crippen LogP contribution is 2.29. The van der Waals surface area contributed by atoms with Crippen molar-refractivity contribution in [1.29, 1.82) is 0 Å². The number of ether oxygens (including phenoxy) is 1. The largest absolute Gasteiger partial charge is 0.495 e. The highest BCUT2D eigenvalue weighted by atomic mass is 79.9. The predicted molar refractivity (Wildman–Crippen MR) is 112 cm³/mol. The zero-order valence-electron chi connectivity index (χ0n) is 15.8. The number of anilines is 1. The number of methoxy groups -OCH3 is 1. The molecule has 2 aromatic carbocycles. The van der Waals surface area contributed by atoms with Gasteiger partial charge in [-0.15, -0.1) is 0 Å². The van der Waals surface area contributed by atoms with E-state index in [1.165, 1.54) is 11.4 Å². The molecule has 0 aliphatic carbocycles. The lowest BCUT2D eigenvalue weighted by Gasteiger charge is -2.33. The number of carbonyl (C=O) groups is 1. The van der Waals surface area contributed by atoms with E-state index in [2.05, 4.69) is 21.2 Å². The van der Waals surface area contributed by atoms with Crippen molar-refractivity contribution in [2.45, 2.75) is 37.1 Å². The van der Waals surface area contributed by atoms with Crippen molar-refractivity contribution >= 4 is 37.5 Å².